The summed E-state index contributed by atoms with van der Waals surface area (Å²) in [5.41, 5.74) is 6.00. The van der Waals surface area contributed by atoms with Crippen molar-refractivity contribution in [2.45, 2.75) is 19.3 Å². The molecule has 0 atom stereocenters. The molecule has 21 heavy (non-hydrogen) atoms. The van der Waals surface area contributed by atoms with Crippen molar-refractivity contribution in [3.8, 4) is 0 Å². The summed E-state index contributed by atoms with van der Waals surface area (Å²) in [5, 5.41) is 2.71. The van der Waals surface area contributed by atoms with Crippen LogP contribution >= 0.6 is 11.3 Å². The third-order valence-corrected chi connectivity index (χ3v) is 4.84. The number of rotatable bonds is 4. The minimum Gasteiger partial charge on any atom is -0.339 e. The van der Waals surface area contributed by atoms with Gasteiger partial charge in [-0.1, -0.05) is 0 Å². The maximum Gasteiger partial charge on any atom is 0.273 e. The maximum absolute atomic E-state index is 12.4. The van der Waals surface area contributed by atoms with Crippen LogP contribution in [0.4, 0.5) is 0 Å². The number of aromatic nitrogens is 1. The van der Waals surface area contributed by atoms with E-state index >= 15 is 0 Å². The van der Waals surface area contributed by atoms with Crippen molar-refractivity contribution in [2.75, 3.05) is 32.7 Å². The van der Waals surface area contributed by atoms with Gasteiger partial charge in [0.1, 0.15) is 5.69 Å². The van der Waals surface area contributed by atoms with Gasteiger partial charge < -0.3 is 15.5 Å². The molecule has 1 saturated carbocycles. The number of piperazine rings is 1. The fraction of sp³-hybridized carbons (Fsp3) is 0.643. The molecule has 114 valence electrons. The molecule has 0 radical (unpaired) electrons. The molecule has 1 aromatic rings. The van der Waals surface area contributed by atoms with E-state index in [0.717, 1.165) is 17.8 Å². The lowest BCUT2D eigenvalue weighted by Crippen LogP contribution is -2.51. The lowest BCUT2D eigenvalue weighted by atomic mass is 10.2. The van der Waals surface area contributed by atoms with Crippen LogP contribution < -0.4 is 5.73 Å². The fourth-order valence-corrected chi connectivity index (χ4v) is 3.32. The Balaban J connectivity index is 1.55. The number of amides is 2. The summed E-state index contributed by atoms with van der Waals surface area (Å²) in [6.45, 7) is 3.02. The first-order chi connectivity index (χ1) is 10.2. The second-order valence-corrected chi connectivity index (χ2v) is 6.50. The van der Waals surface area contributed by atoms with Gasteiger partial charge in [-0.05, 0) is 19.4 Å². The highest BCUT2D eigenvalue weighted by molar-refractivity contribution is 7.09. The molecule has 6 nitrogen and oxygen atoms in total. The molecular formula is C14H20N4O2S. The summed E-state index contributed by atoms with van der Waals surface area (Å²) in [4.78, 5) is 32.4. The first kappa shape index (κ1) is 14.5. The first-order valence-corrected chi connectivity index (χ1v) is 8.29. The van der Waals surface area contributed by atoms with Gasteiger partial charge >= 0.3 is 0 Å². The average Bonchev–Trinajstić information content (AvgIpc) is 3.26. The van der Waals surface area contributed by atoms with Crippen molar-refractivity contribution < 1.29 is 9.59 Å². The Morgan fingerprint density at radius 1 is 1.24 bits per heavy atom. The Morgan fingerprint density at radius 2 is 1.90 bits per heavy atom. The molecule has 2 N–H and O–H groups in total. The number of carbonyl (C=O) groups is 2. The highest BCUT2D eigenvalue weighted by Gasteiger charge is 2.35. The molecule has 0 unspecified atom stereocenters. The normalized spacial score (nSPS) is 18.9. The summed E-state index contributed by atoms with van der Waals surface area (Å²) in [5.74, 6) is 0.485. The van der Waals surface area contributed by atoms with E-state index in [4.69, 9.17) is 5.73 Å². The van der Waals surface area contributed by atoms with Gasteiger partial charge in [0.15, 0.2) is 0 Å². The Kier molecular flexibility index (Phi) is 4.21. The SMILES string of the molecule is NCCc1nc(C(=O)N2CCN(C(=O)C3CC3)CC2)cs1. The molecule has 2 amide bonds. The minimum atomic E-state index is -0.0342. The van der Waals surface area contributed by atoms with E-state index in [0.29, 0.717) is 44.8 Å². The Morgan fingerprint density at radius 3 is 2.52 bits per heavy atom. The number of hydrogen-bond acceptors (Lipinski definition) is 5. The molecule has 2 heterocycles. The largest absolute Gasteiger partial charge is 0.339 e. The summed E-state index contributed by atoms with van der Waals surface area (Å²) in [6, 6.07) is 0. The lowest BCUT2D eigenvalue weighted by Gasteiger charge is -2.34. The van der Waals surface area contributed by atoms with E-state index in [-0.39, 0.29) is 17.7 Å². The molecular weight excluding hydrogens is 288 g/mol. The summed E-state index contributed by atoms with van der Waals surface area (Å²) >= 11 is 1.48. The Labute approximate surface area is 127 Å². The zero-order valence-electron chi connectivity index (χ0n) is 12.0. The molecule has 1 aliphatic heterocycles. The van der Waals surface area contributed by atoms with Crippen molar-refractivity contribution in [3.63, 3.8) is 0 Å². The fourth-order valence-electron chi connectivity index (χ4n) is 2.53. The van der Waals surface area contributed by atoms with Gasteiger partial charge in [-0.2, -0.15) is 0 Å². The second-order valence-electron chi connectivity index (χ2n) is 5.56. The molecule has 1 aromatic heterocycles. The zero-order chi connectivity index (χ0) is 14.8. The molecule has 7 heteroatoms. The first-order valence-electron chi connectivity index (χ1n) is 7.41. The Hall–Kier alpha value is -1.47. The van der Waals surface area contributed by atoms with Crippen LogP contribution in [0, 0.1) is 5.92 Å². The minimum absolute atomic E-state index is 0.0342. The van der Waals surface area contributed by atoms with Gasteiger partial charge in [0, 0.05) is 43.9 Å². The third kappa shape index (κ3) is 3.24. The number of thiazole rings is 1. The van der Waals surface area contributed by atoms with Crippen molar-refractivity contribution in [1.29, 1.82) is 0 Å². The van der Waals surface area contributed by atoms with E-state index in [1.165, 1.54) is 11.3 Å². The molecule has 0 bridgehead atoms. The third-order valence-electron chi connectivity index (χ3n) is 3.93. The van der Waals surface area contributed by atoms with Crippen LogP contribution in [0.15, 0.2) is 5.38 Å². The highest BCUT2D eigenvalue weighted by atomic mass is 32.1. The van der Waals surface area contributed by atoms with E-state index in [9.17, 15) is 9.59 Å². The molecule has 3 rings (SSSR count). The monoisotopic (exact) mass is 308 g/mol. The van der Waals surface area contributed by atoms with E-state index in [1.807, 2.05) is 4.90 Å². The van der Waals surface area contributed by atoms with Gasteiger partial charge in [0.25, 0.3) is 5.91 Å². The summed E-state index contributed by atoms with van der Waals surface area (Å²) in [6.07, 6.45) is 2.77. The number of nitrogens with two attached hydrogens (primary N) is 1. The smallest absolute Gasteiger partial charge is 0.273 e. The van der Waals surface area contributed by atoms with Crippen LogP contribution in [0.3, 0.4) is 0 Å². The summed E-state index contributed by atoms with van der Waals surface area (Å²) < 4.78 is 0. The maximum atomic E-state index is 12.4. The van der Waals surface area contributed by atoms with Crippen LogP contribution in [0.5, 0.6) is 0 Å². The number of nitrogens with zero attached hydrogens (tertiary/aromatic N) is 3. The number of carbonyl (C=O) groups excluding carboxylic acids is 2. The van der Waals surface area contributed by atoms with Crippen molar-refractivity contribution >= 4 is 23.2 Å². The molecule has 1 aliphatic carbocycles. The van der Waals surface area contributed by atoms with E-state index < -0.39 is 0 Å². The van der Waals surface area contributed by atoms with E-state index in [1.54, 1.807) is 10.3 Å². The van der Waals surface area contributed by atoms with Gasteiger partial charge in [-0.3, -0.25) is 9.59 Å². The quantitative estimate of drug-likeness (QED) is 0.870. The van der Waals surface area contributed by atoms with Crippen LogP contribution in [0.1, 0.15) is 28.3 Å². The lowest BCUT2D eigenvalue weighted by molar-refractivity contribution is -0.134. The van der Waals surface area contributed by atoms with Crippen LogP contribution in [-0.4, -0.2) is 59.3 Å². The standard InChI is InChI=1S/C14H20N4O2S/c15-4-3-12-16-11(9-21-12)14(20)18-7-5-17(6-8-18)13(19)10-1-2-10/h9-10H,1-8,15H2. The summed E-state index contributed by atoms with van der Waals surface area (Å²) in [7, 11) is 0. The molecule has 2 fully saturated rings. The van der Waals surface area contributed by atoms with Gasteiger partial charge in [-0.25, -0.2) is 4.98 Å². The topological polar surface area (TPSA) is 79.5 Å². The van der Waals surface area contributed by atoms with Gasteiger partial charge in [-0.15, -0.1) is 11.3 Å². The molecule has 2 aliphatic rings. The van der Waals surface area contributed by atoms with Crippen LogP contribution in [-0.2, 0) is 11.2 Å². The van der Waals surface area contributed by atoms with Crippen LogP contribution in [0.2, 0.25) is 0 Å². The Bertz CT molecular complexity index is 533. The van der Waals surface area contributed by atoms with Crippen LogP contribution in [0.25, 0.3) is 0 Å². The van der Waals surface area contributed by atoms with Crippen molar-refractivity contribution in [2.24, 2.45) is 11.7 Å². The predicted molar refractivity (Wildman–Crippen MR) is 80.1 cm³/mol. The predicted octanol–water partition coefficient (Wildman–Crippen LogP) is 0.339. The molecule has 0 spiro atoms. The van der Waals surface area contributed by atoms with Gasteiger partial charge in [0.05, 0.1) is 5.01 Å². The molecule has 0 aromatic carbocycles. The number of hydrogen-bond donors (Lipinski definition) is 1. The molecule has 1 saturated heterocycles. The van der Waals surface area contributed by atoms with Crippen molar-refractivity contribution in [3.05, 3.63) is 16.1 Å². The van der Waals surface area contributed by atoms with Crippen molar-refractivity contribution in [1.82, 2.24) is 14.8 Å². The zero-order valence-corrected chi connectivity index (χ0v) is 12.8. The highest BCUT2D eigenvalue weighted by Crippen LogP contribution is 2.31. The van der Waals surface area contributed by atoms with E-state index in [2.05, 4.69) is 4.98 Å². The second kappa shape index (κ2) is 6.11. The average molecular weight is 308 g/mol. The van der Waals surface area contributed by atoms with Gasteiger partial charge in [0.2, 0.25) is 5.91 Å².